The molecule has 0 radical (unpaired) electrons. The standard InChI is InChI=1S/C7H10BFO/c8-7(4-5-9)3-1-2-6-10/h1,3-4,6H,2,5,8H2/b3-1-,7-4+. The molecule has 0 aliphatic heterocycles. The lowest BCUT2D eigenvalue weighted by Gasteiger charge is -1.85. The number of hydrogen-bond acceptors (Lipinski definition) is 1. The third-order valence-corrected chi connectivity index (χ3v) is 1.01. The first kappa shape index (κ1) is 9.14. The van der Waals surface area contributed by atoms with E-state index in [2.05, 4.69) is 0 Å². The smallest absolute Gasteiger partial charge is 0.138 e. The highest BCUT2D eigenvalue weighted by Gasteiger charge is 1.79. The third kappa shape index (κ3) is 5.28. The summed E-state index contributed by atoms with van der Waals surface area (Å²) < 4.78 is 11.6. The van der Waals surface area contributed by atoms with Crippen LogP contribution in [0.15, 0.2) is 23.7 Å². The zero-order valence-electron chi connectivity index (χ0n) is 6.01. The second kappa shape index (κ2) is 6.27. The zero-order valence-corrected chi connectivity index (χ0v) is 6.01. The van der Waals surface area contributed by atoms with Crippen molar-refractivity contribution >= 4 is 14.1 Å². The van der Waals surface area contributed by atoms with E-state index < -0.39 is 6.67 Å². The van der Waals surface area contributed by atoms with E-state index in [1.54, 1.807) is 20.0 Å². The number of rotatable bonds is 4. The van der Waals surface area contributed by atoms with Crippen LogP contribution in [0.2, 0.25) is 0 Å². The summed E-state index contributed by atoms with van der Waals surface area (Å²) >= 11 is 0. The molecular weight excluding hydrogens is 130 g/mol. The van der Waals surface area contributed by atoms with E-state index in [0.717, 1.165) is 11.8 Å². The molecule has 0 aromatic heterocycles. The van der Waals surface area contributed by atoms with Crippen LogP contribution in [0.5, 0.6) is 0 Å². The van der Waals surface area contributed by atoms with E-state index in [1.807, 2.05) is 0 Å². The Morgan fingerprint density at radius 1 is 1.60 bits per heavy atom. The summed E-state index contributed by atoms with van der Waals surface area (Å²) in [7, 11) is 1.79. The summed E-state index contributed by atoms with van der Waals surface area (Å²) in [5, 5.41) is 0. The van der Waals surface area contributed by atoms with Crippen molar-refractivity contribution in [3.63, 3.8) is 0 Å². The predicted octanol–water partition coefficient (Wildman–Crippen LogP) is 0.618. The summed E-state index contributed by atoms with van der Waals surface area (Å²) in [5.74, 6) is 0. The van der Waals surface area contributed by atoms with Crippen molar-refractivity contribution in [3.8, 4) is 0 Å². The molecule has 0 saturated carbocycles. The molecule has 0 N–H and O–H groups in total. The number of carbonyl (C=O) groups excluding carboxylic acids is 1. The monoisotopic (exact) mass is 140 g/mol. The lowest BCUT2D eigenvalue weighted by atomic mass is 9.95. The summed E-state index contributed by atoms with van der Waals surface area (Å²) in [6.07, 6.45) is 6.10. The maximum atomic E-state index is 11.6. The molecule has 10 heavy (non-hydrogen) atoms. The highest BCUT2D eigenvalue weighted by atomic mass is 19.1. The predicted molar refractivity (Wildman–Crippen MR) is 42.4 cm³/mol. The molecule has 3 heteroatoms. The van der Waals surface area contributed by atoms with E-state index in [0.29, 0.717) is 6.42 Å². The summed E-state index contributed by atoms with van der Waals surface area (Å²) in [5.41, 5.74) is 0.851. The molecule has 0 heterocycles. The van der Waals surface area contributed by atoms with Gasteiger partial charge in [-0.05, 0) is 0 Å². The minimum Gasteiger partial charge on any atom is -0.303 e. The Bertz CT molecular complexity index is 152. The van der Waals surface area contributed by atoms with Gasteiger partial charge in [0.15, 0.2) is 0 Å². The number of alkyl halides is 1. The highest BCUT2D eigenvalue weighted by molar-refractivity contribution is 6.23. The normalized spacial score (nSPS) is 12.3. The van der Waals surface area contributed by atoms with E-state index in [1.165, 1.54) is 6.08 Å². The van der Waals surface area contributed by atoms with Gasteiger partial charge in [-0.2, -0.15) is 0 Å². The molecular formula is C7H10BFO. The average molecular weight is 140 g/mol. The minimum atomic E-state index is -0.447. The van der Waals surface area contributed by atoms with Crippen molar-refractivity contribution in [1.82, 2.24) is 0 Å². The van der Waals surface area contributed by atoms with Crippen LogP contribution >= 0.6 is 0 Å². The van der Waals surface area contributed by atoms with Crippen LogP contribution in [0.3, 0.4) is 0 Å². The lowest BCUT2D eigenvalue weighted by Crippen LogP contribution is -1.77. The van der Waals surface area contributed by atoms with Crippen LogP contribution < -0.4 is 0 Å². The van der Waals surface area contributed by atoms with Gasteiger partial charge in [-0.15, -0.1) is 0 Å². The summed E-state index contributed by atoms with van der Waals surface area (Å²) in [6.45, 7) is -0.447. The molecule has 0 saturated heterocycles. The summed E-state index contributed by atoms with van der Waals surface area (Å²) in [4.78, 5) is 9.80. The largest absolute Gasteiger partial charge is 0.303 e. The van der Waals surface area contributed by atoms with Crippen molar-refractivity contribution in [2.45, 2.75) is 6.42 Å². The zero-order chi connectivity index (χ0) is 7.82. The SMILES string of the molecule is BC(/C=C\CC=O)=C/CF. The van der Waals surface area contributed by atoms with Crippen molar-refractivity contribution in [2.75, 3.05) is 6.67 Å². The Labute approximate surface area is 61.0 Å². The van der Waals surface area contributed by atoms with Gasteiger partial charge in [-0.25, -0.2) is 4.39 Å². The maximum absolute atomic E-state index is 11.6. The van der Waals surface area contributed by atoms with E-state index >= 15 is 0 Å². The van der Waals surface area contributed by atoms with Gasteiger partial charge in [-0.1, -0.05) is 23.7 Å². The van der Waals surface area contributed by atoms with Gasteiger partial charge in [0.1, 0.15) is 20.8 Å². The van der Waals surface area contributed by atoms with Gasteiger partial charge < -0.3 is 4.79 Å². The second-order valence-electron chi connectivity index (χ2n) is 1.91. The average Bonchev–Trinajstić information content (AvgIpc) is 1.89. The third-order valence-electron chi connectivity index (χ3n) is 1.01. The molecule has 0 aromatic rings. The van der Waals surface area contributed by atoms with Crippen LogP contribution in [-0.2, 0) is 4.79 Å². The number of allylic oxidation sites excluding steroid dienone is 4. The Morgan fingerprint density at radius 3 is 2.80 bits per heavy atom. The molecule has 1 nitrogen and oxygen atoms in total. The molecule has 0 bridgehead atoms. The first-order chi connectivity index (χ1) is 4.81. The quantitative estimate of drug-likeness (QED) is 0.317. The van der Waals surface area contributed by atoms with E-state index in [9.17, 15) is 9.18 Å². The fourth-order valence-corrected chi connectivity index (χ4v) is 0.499. The van der Waals surface area contributed by atoms with Crippen molar-refractivity contribution in [3.05, 3.63) is 23.7 Å². The number of carbonyl (C=O) groups is 1. The van der Waals surface area contributed by atoms with E-state index in [4.69, 9.17) is 0 Å². The molecule has 0 unspecified atom stereocenters. The van der Waals surface area contributed by atoms with Crippen molar-refractivity contribution in [2.24, 2.45) is 0 Å². The number of halogens is 1. The first-order valence-electron chi connectivity index (χ1n) is 3.14. The Kier molecular flexibility index (Phi) is 5.73. The highest BCUT2D eigenvalue weighted by Crippen LogP contribution is 1.90. The van der Waals surface area contributed by atoms with Gasteiger partial charge in [0.05, 0.1) is 0 Å². The van der Waals surface area contributed by atoms with Gasteiger partial charge >= 0.3 is 0 Å². The van der Waals surface area contributed by atoms with Crippen LogP contribution in [-0.4, -0.2) is 20.8 Å². The Hall–Kier alpha value is -0.855. The topological polar surface area (TPSA) is 17.1 Å². The molecule has 0 spiro atoms. The molecule has 0 aromatic carbocycles. The fraction of sp³-hybridized carbons (Fsp3) is 0.286. The van der Waals surface area contributed by atoms with Gasteiger partial charge in [0.2, 0.25) is 0 Å². The van der Waals surface area contributed by atoms with Gasteiger partial charge in [0, 0.05) is 6.42 Å². The van der Waals surface area contributed by atoms with Gasteiger partial charge in [-0.3, -0.25) is 0 Å². The van der Waals surface area contributed by atoms with Crippen LogP contribution in [0.25, 0.3) is 0 Å². The molecule has 54 valence electrons. The maximum Gasteiger partial charge on any atom is 0.138 e. The molecule has 0 atom stereocenters. The van der Waals surface area contributed by atoms with Gasteiger partial charge in [0.25, 0.3) is 0 Å². The Morgan fingerprint density at radius 2 is 2.30 bits per heavy atom. The Balaban J connectivity index is 3.64. The van der Waals surface area contributed by atoms with Crippen LogP contribution in [0, 0.1) is 0 Å². The molecule has 0 rings (SSSR count). The van der Waals surface area contributed by atoms with Crippen molar-refractivity contribution in [1.29, 1.82) is 0 Å². The molecule has 0 aliphatic carbocycles. The second-order valence-corrected chi connectivity index (χ2v) is 1.91. The number of hydrogen-bond donors (Lipinski definition) is 0. The molecule has 0 amide bonds. The lowest BCUT2D eigenvalue weighted by molar-refractivity contribution is -0.107. The number of aldehydes is 1. The molecule has 0 fully saturated rings. The van der Waals surface area contributed by atoms with Crippen LogP contribution in [0.1, 0.15) is 6.42 Å². The fourth-order valence-electron chi connectivity index (χ4n) is 0.499. The van der Waals surface area contributed by atoms with Crippen molar-refractivity contribution < 1.29 is 9.18 Å². The van der Waals surface area contributed by atoms with Crippen LogP contribution in [0.4, 0.5) is 4.39 Å². The first-order valence-corrected chi connectivity index (χ1v) is 3.14. The van der Waals surface area contributed by atoms with E-state index in [-0.39, 0.29) is 0 Å². The molecule has 0 aliphatic rings. The minimum absolute atomic E-state index is 0.400. The summed E-state index contributed by atoms with van der Waals surface area (Å²) in [6, 6.07) is 0.